The van der Waals surface area contributed by atoms with E-state index in [2.05, 4.69) is 0 Å². The van der Waals surface area contributed by atoms with Gasteiger partial charge in [-0.15, -0.1) is 15.2 Å². The molecule has 1 aromatic heterocycles. The molecule has 1 aliphatic rings. The second kappa shape index (κ2) is 6.10. The summed E-state index contributed by atoms with van der Waals surface area (Å²) in [6.45, 7) is 0.0534. The zero-order valence-electron chi connectivity index (χ0n) is 10.9. The van der Waals surface area contributed by atoms with Crippen molar-refractivity contribution in [1.29, 1.82) is 0 Å². The average Bonchev–Trinajstić information content (AvgIpc) is 2.93. The van der Waals surface area contributed by atoms with Crippen LogP contribution in [0.3, 0.4) is 0 Å². The van der Waals surface area contributed by atoms with E-state index >= 15 is 0 Å². The lowest BCUT2D eigenvalue weighted by Gasteiger charge is -2.26. The largest absolute Gasteiger partial charge is 0.481 e. The first kappa shape index (κ1) is 15.9. The number of rotatable bonds is 6. The Morgan fingerprint density at radius 3 is 2.81 bits per heavy atom. The van der Waals surface area contributed by atoms with Gasteiger partial charge in [0.25, 0.3) is 0 Å². The fraction of sp³-hybridized carbons (Fsp3) is 0.500. The van der Waals surface area contributed by atoms with E-state index in [0.29, 0.717) is 0 Å². The molecule has 21 heavy (non-hydrogen) atoms. The van der Waals surface area contributed by atoms with Crippen LogP contribution < -0.4 is 0 Å². The number of carbonyl (C=O) groups is 2. The van der Waals surface area contributed by atoms with Crippen LogP contribution in [0.15, 0.2) is 17.5 Å². The number of halogens is 1. The molecule has 1 N–H and O–H groups in total. The van der Waals surface area contributed by atoms with Gasteiger partial charge in [-0.05, 0) is 11.4 Å². The number of nitrogens with zero attached hydrogens (tertiary/aromatic N) is 1. The van der Waals surface area contributed by atoms with Crippen molar-refractivity contribution in [2.45, 2.75) is 18.9 Å². The summed E-state index contributed by atoms with van der Waals surface area (Å²) in [5.41, 5.74) is 0. The van der Waals surface area contributed by atoms with E-state index in [1.165, 1.54) is 16.2 Å². The van der Waals surface area contributed by atoms with Crippen molar-refractivity contribution >= 4 is 33.4 Å². The van der Waals surface area contributed by atoms with E-state index in [0.717, 1.165) is 4.88 Å². The molecule has 0 aromatic carbocycles. The molecule has 0 radical (unpaired) electrons. The van der Waals surface area contributed by atoms with Crippen LogP contribution in [-0.2, 0) is 19.8 Å². The van der Waals surface area contributed by atoms with E-state index < -0.39 is 33.9 Å². The first-order chi connectivity index (χ1) is 9.76. The molecule has 0 bridgehead atoms. The lowest BCUT2D eigenvalue weighted by Crippen LogP contribution is -2.31. The number of carboxylic acid groups (broad SMARTS) is 1. The summed E-state index contributed by atoms with van der Waals surface area (Å²) >= 11 is 1.33. The zero-order valence-corrected chi connectivity index (χ0v) is 12.6. The summed E-state index contributed by atoms with van der Waals surface area (Å²) in [6.07, 6.45) is -0.341. The van der Waals surface area contributed by atoms with Gasteiger partial charge in [0.1, 0.15) is 0 Å². The average molecular weight is 335 g/mol. The van der Waals surface area contributed by atoms with Crippen LogP contribution in [0.2, 0.25) is 0 Å². The van der Waals surface area contributed by atoms with E-state index in [-0.39, 0.29) is 25.3 Å². The minimum absolute atomic E-state index is 0.0534. The maximum Gasteiger partial charge on any atom is 0.305 e. The van der Waals surface area contributed by atoms with Crippen molar-refractivity contribution in [2.24, 2.45) is 5.92 Å². The summed E-state index contributed by atoms with van der Waals surface area (Å²) in [7, 11) is -4.65. The first-order valence-corrected chi connectivity index (χ1v) is 8.66. The number of aliphatic carboxylic acids is 1. The first-order valence-electron chi connectivity index (χ1n) is 6.23. The Kier molecular flexibility index (Phi) is 4.62. The van der Waals surface area contributed by atoms with Crippen LogP contribution in [0.25, 0.3) is 0 Å². The maximum absolute atomic E-state index is 12.7. The van der Waals surface area contributed by atoms with Gasteiger partial charge in [-0.1, -0.05) is 6.07 Å². The van der Waals surface area contributed by atoms with Crippen LogP contribution in [0, 0.1) is 5.92 Å². The molecule has 9 heteroatoms. The molecule has 1 fully saturated rings. The number of hydrogen-bond acceptors (Lipinski definition) is 5. The van der Waals surface area contributed by atoms with Crippen molar-refractivity contribution in [2.75, 3.05) is 12.3 Å². The number of likely N-dealkylation sites (tertiary alicyclic amines) is 1. The van der Waals surface area contributed by atoms with Crippen LogP contribution >= 0.6 is 11.3 Å². The molecule has 6 nitrogen and oxygen atoms in total. The summed E-state index contributed by atoms with van der Waals surface area (Å²) < 4.78 is 34.1. The normalized spacial score (nSPS) is 20.7. The summed E-state index contributed by atoms with van der Waals surface area (Å²) in [5, 5.41) is 10.8. The van der Waals surface area contributed by atoms with E-state index in [9.17, 15) is 21.9 Å². The number of carboxylic acids is 1. The molecule has 2 rings (SSSR count). The lowest BCUT2D eigenvalue weighted by molar-refractivity contribution is -0.139. The molecule has 0 aliphatic carbocycles. The minimum Gasteiger partial charge on any atom is -0.481 e. The monoisotopic (exact) mass is 335 g/mol. The van der Waals surface area contributed by atoms with Crippen molar-refractivity contribution in [3.05, 3.63) is 22.4 Å². The molecule has 1 amide bonds. The van der Waals surface area contributed by atoms with Gasteiger partial charge in [0, 0.05) is 23.8 Å². The fourth-order valence-corrected chi connectivity index (χ4v) is 4.14. The highest BCUT2D eigenvalue weighted by Gasteiger charge is 2.38. The quantitative estimate of drug-likeness (QED) is 0.794. The Balaban J connectivity index is 2.17. The highest BCUT2D eigenvalue weighted by Crippen LogP contribution is 2.34. The molecule has 2 atom stereocenters. The number of amides is 1. The SMILES string of the molecule is O=C(O)CC(c1cccs1)N1CC(CS(=O)(=O)F)CC1=O. The Hall–Kier alpha value is -1.48. The molecule has 2 heterocycles. The highest BCUT2D eigenvalue weighted by atomic mass is 32.3. The third kappa shape index (κ3) is 4.24. The van der Waals surface area contributed by atoms with E-state index in [1.807, 2.05) is 0 Å². The molecule has 0 saturated carbocycles. The fourth-order valence-electron chi connectivity index (χ4n) is 2.51. The minimum atomic E-state index is -4.65. The number of hydrogen-bond donors (Lipinski definition) is 1. The second-order valence-electron chi connectivity index (χ2n) is 4.95. The van der Waals surface area contributed by atoms with Gasteiger partial charge in [0.05, 0.1) is 18.2 Å². The Bertz CT molecular complexity index is 628. The van der Waals surface area contributed by atoms with Gasteiger partial charge in [-0.2, -0.15) is 8.42 Å². The van der Waals surface area contributed by atoms with Gasteiger partial charge in [-0.25, -0.2) is 0 Å². The van der Waals surface area contributed by atoms with Crippen LogP contribution in [0.5, 0.6) is 0 Å². The molecule has 2 unspecified atom stereocenters. The molecule has 116 valence electrons. The van der Waals surface area contributed by atoms with E-state index in [1.54, 1.807) is 17.5 Å². The maximum atomic E-state index is 12.7. The van der Waals surface area contributed by atoms with Gasteiger partial charge in [0.2, 0.25) is 5.91 Å². The van der Waals surface area contributed by atoms with Crippen molar-refractivity contribution in [3.8, 4) is 0 Å². The zero-order chi connectivity index (χ0) is 15.6. The van der Waals surface area contributed by atoms with Crippen LogP contribution in [0.1, 0.15) is 23.8 Å². The van der Waals surface area contributed by atoms with Gasteiger partial charge in [-0.3, -0.25) is 9.59 Å². The second-order valence-corrected chi connectivity index (χ2v) is 7.34. The van der Waals surface area contributed by atoms with Gasteiger partial charge < -0.3 is 10.0 Å². The predicted octanol–water partition coefficient (Wildman–Crippen LogP) is 1.41. The van der Waals surface area contributed by atoms with Crippen molar-refractivity contribution in [3.63, 3.8) is 0 Å². The molecular weight excluding hydrogens is 321 g/mol. The molecule has 0 spiro atoms. The van der Waals surface area contributed by atoms with Gasteiger partial charge in [0.15, 0.2) is 0 Å². The standard InChI is InChI=1S/C12H14FNO5S2/c13-21(18,19)7-8-4-11(15)14(6-8)9(5-12(16)17)10-2-1-3-20-10/h1-3,8-9H,4-7H2,(H,16,17). The van der Waals surface area contributed by atoms with Crippen LogP contribution in [-0.4, -0.2) is 42.6 Å². The Morgan fingerprint density at radius 1 is 1.57 bits per heavy atom. The summed E-state index contributed by atoms with van der Waals surface area (Å²) in [5.74, 6) is -2.74. The van der Waals surface area contributed by atoms with Crippen molar-refractivity contribution in [1.82, 2.24) is 4.90 Å². The Labute approximate surface area is 125 Å². The third-order valence-corrected chi connectivity index (χ3v) is 5.13. The number of carbonyl (C=O) groups excluding carboxylic acids is 1. The topological polar surface area (TPSA) is 91.8 Å². The molecule has 1 aromatic rings. The third-order valence-electron chi connectivity index (χ3n) is 3.29. The lowest BCUT2D eigenvalue weighted by atomic mass is 10.1. The molecule has 1 saturated heterocycles. The predicted molar refractivity (Wildman–Crippen MR) is 74.0 cm³/mol. The molecule has 1 aliphatic heterocycles. The smallest absolute Gasteiger partial charge is 0.305 e. The Morgan fingerprint density at radius 2 is 2.29 bits per heavy atom. The molecular formula is C12H14FNO5S2. The van der Waals surface area contributed by atoms with Gasteiger partial charge >= 0.3 is 16.2 Å². The number of thiophene rings is 1. The van der Waals surface area contributed by atoms with Crippen molar-refractivity contribution < 1.29 is 27.0 Å². The van der Waals surface area contributed by atoms with E-state index in [4.69, 9.17) is 5.11 Å². The highest BCUT2D eigenvalue weighted by molar-refractivity contribution is 7.86. The summed E-state index contributed by atoms with van der Waals surface area (Å²) in [6, 6.07) is 2.84. The van der Waals surface area contributed by atoms with Crippen LogP contribution in [0.4, 0.5) is 3.89 Å². The summed E-state index contributed by atoms with van der Waals surface area (Å²) in [4.78, 5) is 25.1.